The number of rotatable bonds is 3. The first kappa shape index (κ1) is 15.5. The lowest BCUT2D eigenvalue weighted by molar-refractivity contribution is 0.0710. The van der Waals surface area contributed by atoms with Crippen LogP contribution in [0.25, 0.3) is 11.4 Å². The number of hydrogen-bond acceptors (Lipinski definition) is 5. The lowest BCUT2D eigenvalue weighted by Crippen LogP contribution is -2.30. The smallest absolute Gasteiger partial charge is 0.254 e. The van der Waals surface area contributed by atoms with E-state index in [-0.39, 0.29) is 11.9 Å². The van der Waals surface area contributed by atoms with Crippen LogP contribution in [-0.4, -0.2) is 32.5 Å². The molecular weight excluding hydrogens is 316 g/mol. The van der Waals surface area contributed by atoms with Crippen LogP contribution in [0, 0.1) is 6.92 Å². The third kappa shape index (κ3) is 3.03. The van der Waals surface area contributed by atoms with Crippen LogP contribution < -0.4 is 0 Å². The van der Waals surface area contributed by atoms with Gasteiger partial charge in [0, 0.05) is 30.1 Å². The number of benzene rings is 1. The molecule has 1 aliphatic heterocycles. The van der Waals surface area contributed by atoms with Gasteiger partial charge in [0.2, 0.25) is 11.7 Å². The Bertz CT molecular complexity index is 891. The quantitative estimate of drug-likeness (QED) is 0.734. The van der Waals surface area contributed by atoms with E-state index in [1.807, 2.05) is 36.1 Å². The van der Waals surface area contributed by atoms with E-state index in [4.69, 9.17) is 4.52 Å². The van der Waals surface area contributed by atoms with Gasteiger partial charge in [-0.25, -0.2) is 0 Å². The number of aryl methyl sites for hydroxylation is 1. The molecule has 0 saturated carbocycles. The number of amides is 1. The van der Waals surface area contributed by atoms with Gasteiger partial charge >= 0.3 is 0 Å². The lowest BCUT2D eigenvalue weighted by atomic mass is 10.1. The van der Waals surface area contributed by atoms with Crippen LogP contribution in [0.4, 0.5) is 0 Å². The minimum absolute atomic E-state index is 0.0276. The molecule has 0 bridgehead atoms. The van der Waals surface area contributed by atoms with Crippen molar-refractivity contribution in [1.82, 2.24) is 20.0 Å². The van der Waals surface area contributed by atoms with E-state index in [1.54, 1.807) is 24.5 Å². The average molecular weight is 334 g/mol. The molecule has 1 atom stereocenters. The van der Waals surface area contributed by atoms with Crippen LogP contribution in [0.15, 0.2) is 53.3 Å². The molecule has 4 rings (SSSR count). The average Bonchev–Trinajstić information content (AvgIpc) is 3.31. The van der Waals surface area contributed by atoms with E-state index >= 15 is 0 Å². The van der Waals surface area contributed by atoms with Crippen LogP contribution in [0.5, 0.6) is 0 Å². The van der Waals surface area contributed by atoms with Gasteiger partial charge in [0.25, 0.3) is 5.91 Å². The van der Waals surface area contributed by atoms with Gasteiger partial charge in [-0.2, -0.15) is 4.98 Å². The Morgan fingerprint density at radius 3 is 2.88 bits per heavy atom. The molecule has 3 heterocycles. The molecule has 25 heavy (non-hydrogen) atoms. The molecule has 6 nitrogen and oxygen atoms in total. The van der Waals surface area contributed by atoms with Crippen LogP contribution in [0.3, 0.4) is 0 Å². The summed E-state index contributed by atoms with van der Waals surface area (Å²) in [5.41, 5.74) is 2.68. The second kappa shape index (κ2) is 6.47. The zero-order valence-corrected chi connectivity index (χ0v) is 13.9. The predicted octanol–water partition coefficient (Wildman–Crippen LogP) is 3.42. The Morgan fingerprint density at radius 1 is 1.24 bits per heavy atom. The molecule has 1 saturated heterocycles. The van der Waals surface area contributed by atoms with Crippen molar-refractivity contribution < 1.29 is 9.32 Å². The highest BCUT2D eigenvalue weighted by molar-refractivity contribution is 5.94. The first-order chi connectivity index (χ1) is 12.2. The van der Waals surface area contributed by atoms with Gasteiger partial charge in [0.15, 0.2) is 0 Å². The summed E-state index contributed by atoms with van der Waals surface area (Å²) in [5, 5.41) is 4.10. The summed E-state index contributed by atoms with van der Waals surface area (Å²) in [6.07, 6.45) is 5.00. The fourth-order valence-electron chi connectivity index (χ4n) is 3.20. The van der Waals surface area contributed by atoms with E-state index in [9.17, 15) is 4.79 Å². The maximum absolute atomic E-state index is 12.8. The Labute approximate surface area is 145 Å². The molecule has 126 valence electrons. The van der Waals surface area contributed by atoms with Gasteiger partial charge in [-0.3, -0.25) is 9.78 Å². The van der Waals surface area contributed by atoms with Crippen molar-refractivity contribution in [3.8, 4) is 11.4 Å². The summed E-state index contributed by atoms with van der Waals surface area (Å²) in [6, 6.07) is 11.2. The minimum atomic E-state index is -0.174. The topological polar surface area (TPSA) is 72.1 Å². The number of likely N-dealkylation sites (tertiary alicyclic amines) is 1. The van der Waals surface area contributed by atoms with Gasteiger partial charge < -0.3 is 9.42 Å². The van der Waals surface area contributed by atoms with Gasteiger partial charge in [-0.05, 0) is 38.0 Å². The first-order valence-electron chi connectivity index (χ1n) is 8.34. The summed E-state index contributed by atoms with van der Waals surface area (Å²) in [4.78, 5) is 23.1. The van der Waals surface area contributed by atoms with Crippen LogP contribution in [0.2, 0.25) is 0 Å². The van der Waals surface area contributed by atoms with E-state index in [2.05, 4.69) is 15.1 Å². The maximum Gasteiger partial charge on any atom is 0.254 e. The summed E-state index contributed by atoms with van der Waals surface area (Å²) in [6.45, 7) is 2.71. The predicted molar refractivity (Wildman–Crippen MR) is 91.7 cm³/mol. The molecule has 2 aromatic heterocycles. The molecule has 1 fully saturated rings. The summed E-state index contributed by atoms with van der Waals surface area (Å²) >= 11 is 0. The zero-order valence-electron chi connectivity index (χ0n) is 13.9. The Kier molecular flexibility index (Phi) is 4.01. The number of aromatic nitrogens is 3. The van der Waals surface area contributed by atoms with Crippen LogP contribution >= 0.6 is 0 Å². The van der Waals surface area contributed by atoms with Crippen molar-refractivity contribution in [2.75, 3.05) is 6.54 Å². The van der Waals surface area contributed by atoms with Crippen molar-refractivity contribution in [3.63, 3.8) is 0 Å². The highest BCUT2D eigenvalue weighted by Gasteiger charge is 2.34. The molecule has 0 spiro atoms. The number of nitrogens with zero attached hydrogens (tertiary/aromatic N) is 4. The highest BCUT2D eigenvalue weighted by Crippen LogP contribution is 2.33. The molecule has 0 N–H and O–H groups in total. The van der Waals surface area contributed by atoms with E-state index in [0.717, 1.165) is 24.0 Å². The van der Waals surface area contributed by atoms with Gasteiger partial charge in [0.05, 0.1) is 0 Å². The molecule has 6 heteroatoms. The van der Waals surface area contributed by atoms with Crippen molar-refractivity contribution in [1.29, 1.82) is 0 Å². The zero-order chi connectivity index (χ0) is 17.2. The molecule has 1 amide bonds. The fraction of sp³-hybridized carbons (Fsp3) is 0.263. The molecular formula is C19H18N4O2. The number of carbonyl (C=O) groups is 1. The third-order valence-corrected chi connectivity index (χ3v) is 4.44. The van der Waals surface area contributed by atoms with Crippen molar-refractivity contribution in [3.05, 3.63) is 65.8 Å². The minimum Gasteiger partial charge on any atom is -0.337 e. The second-order valence-corrected chi connectivity index (χ2v) is 6.22. The van der Waals surface area contributed by atoms with Gasteiger partial charge in [0.1, 0.15) is 6.04 Å². The Balaban J connectivity index is 1.60. The monoisotopic (exact) mass is 334 g/mol. The maximum atomic E-state index is 12.8. The van der Waals surface area contributed by atoms with Crippen molar-refractivity contribution in [2.45, 2.75) is 25.8 Å². The summed E-state index contributed by atoms with van der Waals surface area (Å²) in [5.74, 6) is 1.03. The largest absolute Gasteiger partial charge is 0.337 e. The lowest BCUT2D eigenvalue weighted by Gasteiger charge is -2.21. The first-order valence-corrected chi connectivity index (χ1v) is 8.34. The normalized spacial score (nSPS) is 17.0. The molecule has 1 aliphatic rings. The highest BCUT2D eigenvalue weighted by atomic mass is 16.5. The van der Waals surface area contributed by atoms with Crippen LogP contribution in [-0.2, 0) is 0 Å². The standard InChI is InChI=1S/C19H18N4O2/c1-13-4-2-5-15(12-13)17-21-18(25-22-17)16-6-3-11-23(16)19(24)14-7-9-20-10-8-14/h2,4-5,7-10,12,16H,3,6,11H2,1H3/t16-/m0/s1. The Hall–Kier alpha value is -3.02. The van der Waals surface area contributed by atoms with E-state index in [1.165, 1.54) is 0 Å². The van der Waals surface area contributed by atoms with E-state index < -0.39 is 0 Å². The summed E-state index contributed by atoms with van der Waals surface area (Å²) < 4.78 is 5.49. The number of pyridine rings is 1. The van der Waals surface area contributed by atoms with Crippen molar-refractivity contribution in [2.24, 2.45) is 0 Å². The molecule has 0 unspecified atom stereocenters. The SMILES string of the molecule is Cc1cccc(-c2noc([C@@H]3CCCN3C(=O)c3ccncc3)n2)c1. The van der Waals surface area contributed by atoms with Crippen LogP contribution in [0.1, 0.15) is 40.7 Å². The van der Waals surface area contributed by atoms with E-state index in [0.29, 0.717) is 23.8 Å². The van der Waals surface area contributed by atoms with Gasteiger partial charge in [-0.1, -0.05) is 28.9 Å². The molecule has 3 aromatic rings. The second-order valence-electron chi connectivity index (χ2n) is 6.22. The number of hydrogen-bond donors (Lipinski definition) is 0. The third-order valence-electron chi connectivity index (χ3n) is 4.44. The fourth-order valence-corrected chi connectivity index (χ4v) is 3.20. The summed E-state index contributed by atoms with van der Waals surface area (Å²) in [7, 11) is 0. The Morgan fingerprint density at radius 2 is 2.08 bits per heavy atom. The van der Waals surface area contributed by atoms with Gasteiger partial charge in [-0.15, -0.1) is 0 Å². The molecule has 1 aromatic carbocycles. The molecule has 0 aliphatic carbocycles. The number of carbonyl (C=O) groups excluding carboxylic acids is 1. The van der Waals surface area contributed by atoms with Crippen molar-refractivity contribution >= 4 is 5.91 Å². The molecule has 0 radical (unpaired) electrons.